The molecule has 0 fully saturated rings. The second-order valence-corrected chi connectivity index (χ2v) is 6.98. The van der Waals surface area contributed by atoms with E-state index in [4.69, 9.17) is 0 Å². The van der Waals surface area contributed by atoms with Crippen LogP contribution in [0.1, 0.15) is 13.3 Å². The average molecular weight is 344 g/mol. The summed E-state index contributed by atoms with van der Waals surface area (Å²) >= 11 is 0. The molecule has 0 aliphatic heterocycles. The Labute approximate surface area is 139 Å². The van der Waals surface area contributed by atoms with Crippen molar-refractivity contribution < 1.29 is 8.42 Å². The van der Waals surface area contributed by atoms with Gasteiger partial charge in [0, 0.05) is 6.54 Å². The van der Waals surface area contributed by atoms with Crippen LogP contribution in [0, 0.1) is 0 Å². The van der Waals surface area contributed by atoms with Crippen molar-refractivity contribution in [3.63, 3.8) is 0 Å². The van der Waals surface area contributed by atoms with Crippen LogP contribution in [0.5, 0.6) is 0 Å². The largest absolute Gasteiger partial charge is 0.282 e. The van der Waals surface area contributed by atoms with Gasteiger partial charge in [0.1, 0.15) is 5.52 Å². The minimum Gasteiger partial charge on any atom is -0.267 e. The summed E-state index contributed by atoms with van der Waals surface area (Å²) in [5.74, 6) is 0. The fourth-order valence-electron chi connectivity index (χ4n) is 2.24. The first-order chi connectivity index (χ1) is 11.5. The van der Waals surface area contributed by atoms with E-state index in [1.807, 2.05) is 6.92 Å². The number of benzene rings is 2. The molecule has 7 nitrogen and oxygen atoms in total. The van der Waals surface area contributed by atoms with Gasteiger partial charge in [0.25, 0.3) is 5.56 Å². The maximum atomic E-state index is 12.5. The summed E-state index contributed by atoms with van der Waals surface area (Å²) in [5, 5.41) is 8.37. The second kappa shape index (κ2) is 6.50. The maximum Gasteiger partial charge on any atom is 0.282 e. The molecule has 1 N–H and O–H groups in total. The third kappa shape index (κ3) is 3.06. The summed E-state index contributed by atoms with van der Waals surface area (Å²) in [6.45, 7) is 2.26. The summed E-state index contributed by atoms with van der Waals surface area (Å²) in [7, 11) is -3.54. The minimum atomic E-state index is -3.54. The molecule has 0 saturated heterocycles. The van der Waals surface area contributed by atoms with E-state index in [0.29, 0.717) is 29.6 Å². The normalized spacial score (nSPS) is 11.7. The third-order valence-corrected chi connectivity index (χ3v) is 4.98. The smallest absolute Gasteiger partial charge is 0.267 e. The highest BCUT2D eigenvalue weighted by Crippen LogP contribution is 2.13. The molecule has 8 heteroatoms. The number of sulfonamides is 1. The van der Waals surface area contributed by atoms with Gasteiger partial charge >= 0.3 is 0 Å². The van der Waals surface area contributed by atoms with E-state index in [2.05, 4.69) is 15.0 Å². The van der Waals surface area contributed by atoms with Crippen molar-refractivity contribution in [2.24, 2.45) is 0 Å². The van der Waals surface area contributed by atoms with Crippen LogP contribution in [0.2, 0.25) is 0 Å². The van der Waals surface area contributed by atoms with E-state index in [0.717, 1.165) is 4.68 Å². The van der Waals surface area contributed by atoms with Crippen LogP contribution in [-0.2, 0) is 10.0 Å². The Hall–Kier alpha value is -2.58. The number of aromatic nitrogens is 3. The van der Waals surface area contributed by atoms with Crippen LogP contribution in [0.15, 0.2) is 58.2 Å². The zero-order chi connectivity index (χ0) is 17.2. The number of hydrogen-bond acceptors (Lipinski definition) is 5. The number of nitrogens with zero attached hydrogens (tertiary/aromatic N) is 3. The van der Waals surface area contributed by atoms with Gasteiger partial charge in [-0.2, -0.15) is 4.68 Å². The van der Waals surface area contributed by atoms with Crippen molar-refractivity contribution in [2.75, 3.05) is 6.54 Å². The standard InChI is InChI=1S/C16H16N4O3S/c1-2-11-17-24(22,23)13-9-7-12(8-10-13)20-16(21)14-5-3-4-6-15(14)18-19-20/h3-10,17H,2,11H2,1H3. The number of rotatable bonds is 5. The molecule has 3 rings (SSSR count). The molecule has 0 aliphatic rings. The summed E-state index contributed by atoms with van der Waals surface area (Å²) in [6.07, 6.45) is 0.708. The van der Waals surface area contributed by atoms with Crippen molar-refractivity contribution in [1.82, 2.24) is 19.7 Å². The lowest BCUT2D eigenvalue weighted by molar-refractivity contribution is 0.580. The predicted octanol–water partition coefficient (Wildman–Crippen LogP) is 1.47. The fraction of sp³-hybridized carbons (Fsp3) is 0.188. The van der Waals surface area contributed by atoms with Crippen molar-refractivity contribution in [3.8, 4) is 5.69 Å². The molecule has 3 aromatic rings. The highest BCUT2D eigenvalue weighted by Gasteiger charge is 2.13. The molecule has 0 bridgehead atoms. The Bertz CT molecular complexity index is 1030. The number of hydrogen-bond donors (Lipinski definition) is 1. The Morgan fingerprint density at radius 3 is 2.50 bits per heavy atom. The second-order valence-electron chi connectivity index (χ2n) is 5.22. The van der Waals surface area contributed by atoms with Crippen LogP contribution in [0.4, 0.5) is 0 Å². The Balaban J connectivity index is 2.00. The molecule has 124 valence electrons. The summed E-state index contributed by atoms with van der Waals surface area (Å²) < 4.78 is 27.8. The summed E-state index contributed by atoms with van der Waals surface area (Å²) in [4.78, 5) is 12.6. The van der Waals surface area contributed by atoms with E-state index in [1.54, 1.807) is 24.3 Å². The maximum absolute atomic E-state index is 12.5. The molecule has 0 atom stereocenters. The van der Waals surface area contributed by atoms with Crippen molar-refractivity contribution >= 4 is 20.9 Å². The van der Waals surface area contributed by atoms with Crippen molar-refractivity contribution in [1.29, 1.82) is 0 Å². The Morgan fingerprint density at radius 2 is 1.79 bits per heavy atom. The molecular weight excluding hydrogens is 328 g/mol. The third-order valence-electron chi connectivity index (χ3n) is 3.50. The van der Waals surface area contributed by atoms with Gasteiger partial charge in [-0.05, 0) is 42.8 Å². The van der Waals surface area contributed by atoms with E-state index < -0.39 is 10.0 Å². The molecule has 0 aliphatic carbocycles. The van der Waals surface area contributed by atoms with E-state index in [1.165, 1.54) is 24.3 Å². The quantitative estimate of drug-likeness (QED) is 0.756. The first kappa shape index (κ1) is 16.3. The lowest BCUT2D eigenvalue weighted by atomic mass is 10.2. The van der Waals surface area contributed by atoms with Gasteiger partial charge in [-0.15, -0.1) is 5.10 Å². The molecule has 0 saturated carbocycles. The van der Waals surface area contributed by atoms with E-state index >= 15 is 0 Å². The zero-order valence-electron chi connectivity index (χ0n) is 13.0. The van der Waals surface area contributed by atoms with Crippen LogP contribution < -0.4 is 10.3 Å². The highest BCUT2D eigenvalue weighted by molar-refractivity contribution is 7.89. The molecule has 0 radical (unpaired) electrons. The predicted molar refractivity (Wildman–Crippen MR) is 90.6 cm³/mol. The molecule has 2 aromatic carbocycles. The molecule has 0 spiro atoms. The van der Waals surface area contributed by atoms with Gasteiger partial charge in [-0.3, -0.25) is 4.79 Å². The molecular formula is C16H16N4O3S. The van der Waals surface area contributed by atoms with Gasteiger partial charge in [0.15, 0.2) is 0 Å². The lowest BCUT2D eigenvalue weighted by Gasteiger charge is -2.08. The molecule has 0 unspecified atom stereocenters. The van der Waals surface area contributed by atoms with Gasteiger partial charge in [0.2, 0.25) is 10.0 Å². The fourth-order valence-corrected chi connectivity index (χ4v) is 3.38. The first-order valence-corrected chi connectivity index (χ1v) is 8.96. The minimum absolute atomic E-state index is 0.140. The first-order valence-electron chi connectivity index (χ1n) is 7.48. The van der Waals surface area contributed by atoms with Crippen LogP contribution in [0.3, 0.4) is 0 Å². The van der Waals surface area contributed by atoms with Crippen LogP contribution in [-0.4, -0.2) is 30.0 Å². The van der Waals surface area contributed by atoms with E-state index in [-0.39, 0.29) is 10.5 Å². The SMILES string of the molecule is CCCNS(=O)(=O)c1ccc(-n2nnc3ccccc3c2=O)cc1. The van der Waals surface area contributed by atoms with Crippen molar-refractivity contribution in [2.45, 2.75) is 18.2 Å². The zero-order valence-corrected chi connectivity index (χ0v) is 13.8. The van der Waals surface area contributed by atoms with Gasteiger partial charge in [0.05, 0.1) is 16.0 Å². The van der Waals surface area contributed by atoms with Gasteiger partial charge in [-0.25, -0.2) is 13.1 Å². The van der Waals surface area contributed by atoms with Crippen LogP contribution >= 0.6 is 0 Å². The highest BCUT2D eigenvalue weighted by atomic mass is 32.2. The average Bonchev–Trinajstić information content (AvgIpc) is 2.61. The van der Waals surface area contributed by atoms with Gasteiger partial charge in [-0.1, -0.05) is 24.3 Å². The topological polar surface area (TPSA) is 93.9 Å². The number of fused-ring (bicyclic) bond motifs is 1. The molecule has 1 heterocycles. The summed E-state index contributed by atoms with van der Waals surface area (Å²) in [5.41, 5.74) is 0.662. The molecule has 24 heavy (non-hydrogen) atoms. The van der Waals surface area contributed by atoms with Gasteiger partial charge < -0.3 is 0 Å². The Morgan fingerprint density at radius 1 is 1.08 bits per heavy atom. The molecule has 0 amide bonds. The van der Waals surface area contributed by atoms with E-state index in [9.17, 15) is 13.2 Å². The van der Waals surface area contributed by atoms with Crippen LogP contribution in [0.25, 0.3) is 16.6 Å². The molecule has 1 aromatic heterocycles. The summed E-state index contributed by atoms with van der Waals surface area (Å²) in [6, 6.07) is 12.9. The Kier molecular flexibility index (Phi) is 4.41. The number of nitrogens with one attached hydrogen (secondary N) is 1. The monoisotopic (exact) mass is 344 g/mol. The van der Waals surface area contributed by atoms with Crippen molar-refractivity contribution in [3.05, 3.63) is 58.9 Å². The lowest BCUT2D eigenvalue weighted by Crippen LogP contribution is -2.25.